The molecule has 112 valence electrons. The van der Waals surface area contributed by atoms with Gasteiger partial charge in [0.25, 0.3) is 0 Å². The normalized spacial score (nSPS) is 10.8. The smallest absolute Gasteiger partial charge is 0.138 e. The summed E-state index contributed by atoms with van der Waals surface area (Å²) in [5.74, 6) is -0.443. The molecule has 0 bridgehead atoms. The van der Waals surface area contributed by atoms with Crippen molar-refractivity contribution >= 4 is 49.3 Å². The van der Waals surface area contributed by atoms with Gasteiger partial charge in [-0.25, -0.2) is 9.97 Å². The van der Waals surface area contributed by atoms with E-state index in [4.69, 9.17) is 0 Å². The minimum atomic E-state index is -1.09. The number of anilines is 1. The molecule has 0 aliphatic rings. The zero-order valence-corrected chi connectivity index (χ0v) is 13.8. The molecule has 2 heterocycles. The Morgan fingerprint density at radius 1 is 1.27 bits per heavy atom. The Hall–Kier alpha value is -1.99. The van der Waals surface area contributed by atoms with E-state index in [9.17, 15) is 9.90 Å². The summed E-state index contributed by atoms with van der Waals surface area (Å²) in [5, 5.41) is 16.5. The number of benzene rings is 1. The summed E-state index contributed by atoms with van der Waals surface area (Å²) >= 11 is 4.96. The number of hydrogen-bond donors (Lipinski definition) is 1. The summed E-state index contributed by atoms with van der Waals surface area (Å²) in [5.41, 5.74) is 2.09. The van der Waals surface area contributed by atoms with Crippen LogP contribution < -0.4 is 10.4 Å². The van der Waals surface area contributed by atoms with Crippen LogP contribution in [-0.2, 0) is 4.79 Å². The van der Waals surface area contributed by atoms with E-state index in [-0.39, 0.29) is 13.0 Å². The quantitative estimate of drug-likeness (QED) is 0.740. The zero-order valence-electron chi connectivity index (χ0n) is 11.4. The summed E-state index contributed by atoms with van der Waals surface area (Å²) in [7, 11) is 0. The van der Waals surface area contributed by atoms with E-state index in [1.807, 2.05) is 29.6 Å². The molecular weight excluding hydrogens is 366 g/mol. The van der Waals surface area contributed by atoms with Crippen LogP contribution >= 0.6 is 27.3 Å². The van der Waals surface area contributed by atoms with Crippen molar-refractivity contribution in [2.24, 2.45) is 0 Å². The number of fused-ring (bicyclic) bond motifs is 1. The molecule has 0 radical (unpaired) electrons. The van der Waals surface area contributed by atoms with Crippen molar-refractivity contribution in [1.82, 2.24) is 9.97 Å². The van der Waals surface area contributed by atoms with Gasteiger partial charge in [0, 0.05) is 34.4 Å². The monoisotopic (exact) mass is 376 g/mol. The van der Waals surface area contributed by atoms with Crippen molar-refractivity contribution in [3.05, 3.63) is 40.4 Å². The Morgan fingerprint density at radius 2 is 2.05 bits per heavy atom. The number of thiophene rings is 1. The first-order valence-corrected chi connectivity index (χ1v) is 8.24. The van der Waals surface area contributed by atoms with Crippen molar-refractivity contribution in [3.63, 3.8) is 0 Å². The molecule has 0 saturated carbocycles. The van der Waals surface area contributed by atoms with Gasteiger partial charge in [-0.05, 0) is 17.7 Å². The highest BCUT2D eigenvalue weighted by Crippen LogP contribution is 2.36. The highest BCUT2D eigenvalue weighted by atomic mass is 79.9. The fourth-order valence-corrected chi connectivity index (χ4v) is 3.31. The molecule has 1 N–H and O–H groups in total. The molecule has 0 fully saturated rings. The number of carbonyl (C=O) groups excluding carboxylic acids is 1. The van der Waals surface area contributed by atoms with Crippen LogP contribution in [0.25, 0.3) is 21.3 Å². The van der Waals surface area contributed by atoms with E-state index in [0.29, 0.717) is 5.82 Å². The fourth-order valence-electron chi connectivity index (χ4n) is 2.13. The van der Waals surface area contributed by atoms with Crippen LogP contribution in [0.2, 0.25) is 0 Å². The van der Waals surface area contributed by atoms with Gasteiger partial charge in [0.2, 0.25) is 0 Å². The number of aromatic nitrogens is 2. The first kappa shape index (κ1) is 14.9. The van der Waals surface area contributed by atoms with Gasteiger partial charge in [0.05, 0.1) is 5.39 Å². The molecule has 7 heteroatoms. The maximum Gasteiger partial charge on any atom is 0.138 e. The van der Waals surface area contributed by atoms with Gasteiger partial charge in [-0.1, -0.05) is 28.1 Å². The Labute approximate surface area is 139 Å². The van der Waals surface area contributed by atoms with Gasteiger partial charge in [0.15, 0.2) is 0 Å². The van der Waals surface area contributed by atoms with Gasteiger partial charge in [-0.3, -0.25) is 0 Å². The summed E-state index contributed by atoms with van der Waals surface area (Å²) in [4.78, 5) is 19.9. The lowest BCUT2D eigenvalue weighted by Gasteiger charge is -2.08. The average Bonchev–Trinajstić information content (AvgIpc) is 2.93. The number of aliphatic carboxylic acids is 1. The molecule has 0 saturated heterocycles. The number of halogens is 1. The molecule has 5 nitrogen and oxygen atoms in total. The Morgan fingerprint density at radius 3 is 2.77 bits per heavy atom. The maximum atomic E-state index is 10.5. The van der Waals surface area contributed by atoms with Crippen molar-refractivity contribution in [2.75, 3.05) is 11.9 Å². The largest absolute Gasteiger partial charge is 0.550 e. The first-order chi connectivity index (χ1) is 10.6. The van der Waals surface area contributed by atoms with E-state index in [0.717, 1.165) is 25.8 Å². The lowest BCUT2D eigenvalue weighted by molar-refractivity contribution is -0.305. The first-order valence-electron chi connectivity index (χ1n) is 6.57. The second-order valence-corrected chi connectivity index (χ2v) is 6.38. The standard InChI is InChI=1S/C15H12BrN3O2S/c16-10-3-1-9(2-4-10)11-7-22-15-13(11)14(18-8-19-15)17-6-5-12(20)21/h1-4,7-8H,5-6H2,(H,20,21)(H,17,18,19)/p-1. The number of nitrogens with one attached hydrogen (secondary N) is 1. The Balaban J connectivity index is 2.00. The van der Waals surface area contributed by atoms with E-state index in [2.05, 4.69) is 31.2 Å². The van der Waals surface area contributed by atoms with Gasteiger partial charge in [-0.2, -0.15) is 0 Å². The van der Waals surface area contributed by atoms with Gasteiger partial charge >= 0.3 is 0 Å². The van der Waals surface area contributed by atoms with E-state index >= 15 is 0 Å². The van der Waals surface area contributed by atoms with Gasteiger partial charge in [-0.15, -0.1) is 11.3 Å². The van der Waals surface area contributed by atoms with Crippen LogP contribution in [-0.4, -0.2) is 22.5 Å². The fraction of sp³-hybridized carbons (Fsp3) is 0.133. The van der Waals surface area contributed by atoms with Crippen LogP contribution in [0.15, 0.2) is 40.4 Å². The molecule has 3 aromatic rings. The van der Waals surface area contributed by atoms with Crippen molar-refractivity contribution in [2.45, 2.75) is 6.42 Å². The molecule has 1 aromatic carbocycles. The van der Waals surface area contributed by atoms with E-state index < -0.39 is 5.97 Å². The number of rotatable bonds is 5. The van der Waals surface area contributed by atoms with E-state index in [1.165, 1.54) is 17.7 Å². The molecule has 0 atom stereocenters. The van der Waals surface area contributed by atoms with Crippen molar-refractivity contribution in [3.8, 4) is 11.1 Å². The molecule has 0 spiro atoms. The van der Waals surface area contributed by atoms with Crippen molar-refractivity contribution in [1.29, 1.82) is 0 Å². The highest BCUT2D eigenvalue weighted by Gasteiger charge is 2.12. The van der Waals surface area contributed by atoms with Crippen LogP contribution in [0.4, 0.5) is 5.82 Å². The Kier molecular flexibility index (Phi) is 4.35. The molecule has 0 amide bonds. The lowest BCUT2D eigenvalue weighted by atomic mass is 10.1. The molecule has 0 unspecified atom stereocenters. The van der Waals surface area contributed by atoms with Gasteiger partial charge < -0.3 is 15.2 Å². The summed E-state index contributed by atoms with van der Waals surface area (Å²) < 4.78 is 1.01. The van der Waals surface area contributed by atoms with Crippen molar-refractivity contribution < 1.29 is 9.90 Å². The second-order valence-electron chi connectivity index (χ2n) is 4.61. The number of nitrogens with zero attached hydrogens (tertiary/aromatic N) is 2. The molecular formula is C15H11BrN3O2S-. The van der Waals surface area contributed by atoms with Crippen LogP contribution in [0.1, 0.15) is 6.42 Å². The number of hydrogen-bond acceptors (Lipinski definition) is 6. The van der Waals surface area contributed by atoms with Crippen LogP contribution in [0, 0.1) is 0 Å². The van der Waals surface area contributed by atoms with Crippen LogP contribution in [0.5, 0.6) is 0 Å². The minimum absolute atomic E-state index is 0.0662. The Bertz CT molecular complexity index is 817. The molecule has 0 aliphatic carbocycles. The number of carbonyl (C=O) groups is 1. The summed E-state index contributed by atoms with van der Waals surface area (Å²) in [6.45, 7) is 0.268. The third kappa shape index (κ3) is 3.10. The summed E-state index contributed by atoms with van der Waals surface area (Å²) in [6.07, 6.45) is 1.41. The summed E-state index contributed by atoms with van der Waals surface area (Å²) in [6, 6.07) is 7.99. The molecule has 3 rings (SSSR count). The maximum absolute atomic E-state index is 10.5. The van der Waals surface area contributed by atoms with Gasteiger partial charge in [0.1, 0.15) is 17.0 Å². The number of carboxylic acids is 1. The number of carboxylic acid groups (broad SMARTS) is 1. The highest BCUT2D eigenvalue weighted by molar-refractivity contribution is 9.10. The average molecular weight is 377 g/mol. The molecule has 0 aliphatic heterocycles. The minimum Gasteiger partial charge on any atom is -0.550 e. The topological polar surface area (TPSA) is 77.9 Å². The third-order valence-electron chi connectivity index (χ3n) is 3.15. The second kappa shape index (κ2) is 6.41. The SMILES string of the molecule is O=C([O-])CCNc1ncnc2scc(-c3ccc(Br)cc3)c12. The molecule has 2 aromatic heterocycles. The predicted octanol–water partition coefficient (Wildman–Crippen LogP) is 2.67. The molecule has 22 heavy (non-hydrogen) atoms. The predicted molar refractivity (Wildman–Crippen MR) is 88.7 cm³/mol. The lowest BCUT2D eigenvalue weighted by Crippen LogP contribution is -2.24. The third-order valence-corrected chi connectivity index (χ3v) is 4.56. The van der Waals surface area contributed by atoms with E-state index in [1.54, 1.807) is 0 Å². The zero-order chi connectivity index (χ0) is 15.5. The van der Waals surface area contributed by atoms with Crippen LogP contribution in [0.3, 0.4) is 0 Å².